The van der Waals surface area contributed by atoms with Gasteiger partial charge in [-0.15, -0.1) is 10.2 Å². The number of hydrazone groups is 1. The summed E-state index contributed by atoms with van der Waals surface area (Å²) in [5.74, 6) is -0.0424. The summed E-state index contributed by atoms with van der Waals surface area (Å²) in [6.45, 7) is 0. The lowest BCUT2D eigenvalue weighted by Crippen LogP contribution is -2.40. The molecule has 1 aromatic carbocycles. The molecule has 0 radical (unpaired) electrons. The van der Waals surface area contributed by atoms with Crippen molar-refractivity contribution in [1.29, 1.82) is 0 Å². The van der Waals surface area contributed by atoms with E-state index in [2.05, 4.69) is 20.6 Å². The van der Waals surface area contributed by atoms with Crippen LogP contribution in [0.2, 0.25) is 0 Å². The number of anilines is 1. The number of aromatic nitrogens is 3. The molecule has 1 aliphatic heterocycles. The summed E-state index contributed by atoms with van der Waals surface area (Å²) in [6.07, 6.45) is 4.51. The van der Waals surface area contributed by atoms with E-state index in [9.17, 15) is 14.0 Å². The van der Waals surface area contributed by atoms with Gasteiger partial charge in [-0.25, -0.2) is 4.39 Å². The molecule has 0 saturated heterocycles. The molecule has 9 nitrogen and oxygen atoms in total. The normalized spacial score (nSPS) is 16.8. The fourth-order valence-corrected chi connectivity index (χ4v) is 4.01. The van der Waals surface area contributed by atoms with E-state index in [0.717, 1.165) is 5.75 Å². The largest absolute Gasteiger partial charge is 0.368 e. The van der Waals surface area contributed by atoms with Gasteiger partial charge in [0.25, 0.3) is 5.91 Å². The third kappa shape index (κ3) is 4.42. The summed E-state index contributed by atoms with van der Waals surface area (Å²) in [6, 6.07) is 9.83. The topological polar surface area (TPSA) is 118 Å². The van der Waals surface area contributed by atoms with Crippen LogP contribution in [0.15, 0.2) is 53.8 Å². The Kier molecular flexibility index (Phi) is 6.35. The molecule has 0 saturated carbocycles. The highest BCUT2D eigenvalue weighted by atomic mass is 32.2. The Labute approximate surface area is 187 Å². The summed E-state index contributed by atoms with van der Waals surface area (Å²) >= 11 is 1.66. The highest BCUT2D eigenvalue weighted by Crippen LogP contribution is 2.26. The van der Waals surface area contributed by atoms with E-state index < -0.39 is 29.7 Å². The Morgan fingerprint density at radius 1 is 1.25 bits per heavy atom. The van der Waals surface area contributed by atoms with Crippen LogP contribution in [-0.4, -0.2) is 50.2 Å². The molecule has 3 N–H and O–H groups in total. The molecule has 2 unspecified atom stereocenters. The van der Waals surface area contributed by atoms with Crippen LogP contribution in [0.3, 0.4) is 0 Å². The second-order valence-corrected chi connectivity index (χ2v) is 8.27. The van der Waals surface area contributed by atoms with Crippen molar-refractivity contribution < 1.29 is 14.0 Å². The van der Waals surface area contributed by atoms with Crippen molar-refractivity contribution in [2.75, 3.05) is 17.0 Å². The van der Waals surface area contributed by atoms with E-state index in [1.54, 1.807) is 11.8 Å². The van der Waals surface area contributed by atoms with Gasteiger partial charge in [0.05, 0.1) is 11.7 Å². The van der Waals surface area contributed by atoms with Crippen molar-refractivity contribution in [2.24, 2.45) is 10.8 Å². The van der Waals surface area contributed by atoms with Crippen molar-refractivity contribution in [1.82, 2.24) is 19.9 Å². The average Bonchev–Trinajstić information content (AvgIpc) is 3.42. The number of nitrogens with zero attached hydrogens (tertiary/aromatic N) is 5. The molecule has 3 aromatic rings. The van der Waals surface area contributed by atoms with Gasteiger partial charge in [-0.2, -0.15) is 16.9 Å². The third-order valence-electron chi connectivity index (χ3n) is 5.16. The highest BCUT2D eigenvalue weighted by Gasteiger charge is 2.36. The molecule has 166 valence electrons. The molecule has 4 rings (SSSR count). The maximum absolute atomic E-state index is 13.3. The Morgan fingerprint density at radius 2 is 2.03 bits per heavy atom. The van der Waals surface area contributed by atoms with Crippen molar-refractivity contribution in [3.05, 3.63) is 60.3 Å². The van der Waals surface area contributed by atoms with E-state index in [4.69, 9.17) is 5.73 Å². The first kappa shape index (κ1) is 21.8. The van der Waals surface area contributed by atoms with E-state index in [0.29, 0.717) is 23.6 Å². The number of rotatable bonds is 8. The molecule has 2 aromatic heterocycles. The monoisotopic (exact) mass is 455 g/mol. The number of nitrogens with two attached hydrogens (primary N) is 1. The van der Waals surface area contributed by atoms with Gasteiger partial charge in [-0.05, 0) is 54.8 Å². The standard InChI is InChI=1S/C21H22FN7O2S/c1-32-11-9-15(20-26-25-18-4-2-3-10-28(18)20)24-21(31)16-12-17(19(23)30)29(27-16)14-7-5-13(22)6-8-14/h2-8,10,15,17H,9,11-12H2,1H3,(H2,23,30)(H,24,31). The number of hydrogen-bond donors (Lipinski definition) is 2. The Balaban J connectivity index is 1.59. The molecule has 0 spiro atoms. The summed E-state index contributed by atoms with van der Waals surface area (Å²) in [4.78, 5) is 25.1. The van der Waals surface area contributed by atoms with E-state index in [1.807, 2.05) is 35.1 Å². The zero-order chi connectivity index (χ0) is 22.7. The van der Waals surface area contributed by atoms with Crippen LogP contribution in [0.1, 0.15) is 24.7 Å². The van der Waals surface area contributed by atoms with Crippen molar-refractivity contribution in [3.8, 4) is 0 Å². The summed E-state index contributed by atoms with van der Waals surface area (Å²) in [5, 5.41) is 17.1. The van der Waals surface area contributed by atoms with Gasteiger partial charge in [0.2, 0.25) is 5.91 Å². The van der Waals surface area contributed by atoms with Crippen LogP contribution in [0.25, 0.3) is 5.65 Å². The van der Waals surface area contributed by atoms with Crippen LogP contribution < -0.4 is 16.1 Å². The highest BCUT2D eigenvalue weighted by molar-refractivity contribution is 7.98. The number of thioether (sulfide) groups is 1. The van der Waals surface area contributed by atoms with Gasteiger partial charge in [-0.3, -0.25) is 19.0 Å². The van der Waals surface area contributed by atoms with Crippen molar-refractivity contribution >= 4 is 40.6 Å². The van der Waals surface area contributed by atoms with Crippen LogP contribution in [0, 0.1) is 5.82 Å². The number of primary amides is 1. The Morgan fingerprint density at radius 3 is 2.75 bits per heavy atom. The minimum Gasteiger partial charge on any atom is -0.368 e. The van der Waals surface area contributed by atoms with Gasteiger partial charge in [0, 0.05) is 12.6 Å². The number of amides is 2. The lowest BCUT2D eigenvalue weighted by molar-refractivity contribution is -0.119. The van der Waals surface area contributed by atoms with Gasteiger partial charge >= 0.3 is 0 Å². The number of halogens is 1. The predicted octanol–water partition coefficient (Wildman–Crippen LogP) is 1.90. The first-order valence-electron chi connectivity index (χ1n) is 9.99. The smallest absolute Gasteiger partial charge is 0.268 e. The second kappa shape index (κ2) is 9.35. The first-order valence-corrected chi connectivity index (χ1v) is 11.4. The minimum atomic E-state index is -0.834. The number of hydrogen-bond acceptors (Lipinski definition) is 7. The number of benzene rings is 1. The summed E-state index contributed by atoms with van der Waals surface area (Å²) in [5.41, 5.74) is 6.86. The van der Waals surface area contributed by atoms with Gasteiger partial charge in [0.1, 0.15) is 17.6 Å². The SMILES string of the molecule is CSCCC(NC(=O)C1=NN(c2ccc(F)cc2)C(C(N)=O)C1)c1nnc2ccccn12. The lowest BCUT2D eigenvalue weighted by Gasteiger charge is -2.20. The number of carbonyl (C=O) groups is 2. The first-order chi connectivity index (χ1) is 15.5. The molecule has 32 heavy (non-hydrogen) atoms. The van der Waals surface area contributed by atoms with E-state index in [1.165, 1.54) is 29.3 Å². The Bertz CT molecular complexity index is 1160. The predicted molar refractivity (Wildman–Crippen MR) is 121 cm³/mol. The van der Waals surface area contributed by atoms with Gasteiger partial charge in [-0.1, -0.05) is 6.07 Å². The molecular weight excluding hydrogens is 433 g/mol. The fourth-order valence-electron chi connectivity index (χ4n) is 3.54. The number of pyridine rings is 1. The molecule has 11 heteroatoms. The quantitative estimate of drug-likeness (QED) is 0.536. The lowest BCUT2D eigenvalue weighted by atomic mass is 10.1. The van der Waals surface area contributed by atoms with Crippen LogP contribution in [0.5, 0.6) is 0 Å². The molecule has 0 aliphatic carbocycles. The zero-order valence-electron chi connectivity index (χ0n) is 17.3. The molecule has 0 bridgehead atoms. The molecule has 2 amide bonds. The van der Waals surface area contributed by atoms with Crippen LogP contribution >= 0.6 is 11.8 Å². The van der Waals surface area contributed by atoms with Crippen LogP contribution in [-0.2, 0) is 9.59 Å². The molecule has 3 heterocycles. The minimum absolute atomic E-state index is 0.0500. The van der Waals surface area contributed by atoms with Crippen molar-refractivity contribution in [3.63, 3.8) is 0 Å². The van der Waals surface area contributed by atoms with Crippen LogP contribution in [0.4, 0.5) is 10.1 Å². The number of nitrogens with one attached hydrogen (secondary N) is 1. The zero-order valence-corrected chi connectivity index (χ0v) is 18.1. The molecule has 0 fully saturated rings. The van der Waals surface area contributed by atoms with Crippen molar-refractivity contribution in [2.45, 2.75) is 24.9 Å². The summed E-state index contributed by atoms with van der Waals surface area (Å²) in [7, 11) is 0. The maximum Gasteiger partial charge on any atom is 0.268 e. The van der Waals surface area contributed by atoms with E-state index in [-0.39, 0.29) is 12.1 Å². The molecule has 1 aliphatic rings. The van der Waals surface area contributed by atoms with Gasteiger partial charge in [0.15, 0.2) is 11.5 Å². The molecule has 2 atom stereocenters. The number of carbonyl (C=O) groups excluding carboxylic acids is 2. The van der Waals surface area contributed by atoms with Gasteiger partial charge < -0.3 is 11.1 Å². The fraction of sp³-hybridized carbons (Fsp3) is 0.286. The summed E-state index contributed by atoms with van der Waals surface area (Å²) < 4.78 is 15.1. The molecular formula is C21H22FN7O2S. The number of fused-ring (bicyclic) bond motifs is 1. The van der Waals surface area contributed by atoms with E-state index >= 15 is 0 Å². The third-order valence-corrected chi connectivity index (χ3v) is 5.80. The second-order valence-electron chi connectivity index (χ2n) is 7.28. The Hall–Kier alpha value is -3.47. The average molecular weight is 456 g/mol. The maximum atomic E-state index is 13.3.